The maximum atomic E-state index is 12.7. The molecule has 0 aliphatic heterocycles. The number of para-hydroxylation sites is 3. The molecule has 0 saturated carbocycles. The molecule has 0 fully saturated rings. The second-order valence-electron chi connectivity index (χ2n) is 14.3. The first-order valence-electron chi connectivity index (χ1n) is 21.4. The predicted molar refractivity (Wildman–Crippen MR) is 275 cm³/mol. The lowest BCUT2D eigenvalue weighted by molar-refractivity contribution is -0.384. The molecule has 0 N–H and O–H groups in total. The Labute approximate surface area is 374 Å². The molecule has 2 heterocycles. The molecule has 63 heavy (non-hydrogen) atoms. The van der Waals surface area contributed by atoms with E-state index >= 15 is 0 Å². The van der Waals surface area contributed by atoms with Gasteiger partial charge in [-0.3, -0.25) is 10.1 Å². The van der Waals surface area contributed by atoms with E-state index in [0.29, 0.717) is 5.56 Å². The van der Waals surface area contributed by atoms with Gasteiger partial charge in [0.05, 0.1) is 21.5 Å². The van der Waals surface area contributed by atoms with Gasteiger partial charge in [-0.1, -0.05) is 162 Å². The van der Waals surface area contributed by atoms with E-state index in [1.165, 1.54) is 15.5 Å². The second kappa shape index (κ2) is 19.9. The first-order valence-corrected chi connectivity index (χ1v) is 22.2. The summed E-state index contributed by atoms with van der Waals surface area (Å²) in [6.45, 7) is 15.6. The number of benzene rings is 8. The summed E-state index contributed by atoms with van der Waals surface area (Å²) in [5, 5.41) is 19.5. The fourth-order valence-electron chi connectivity index (χ4n) is 8.02. The Hall–Kier alpha value is -7.54. The van der Waals surface area contributed by atoms with Gasteiger partial charge in [0.2, 0.25) is 0 Å². The number of aromatic nitrogens is 1. The van der Waals surface area contributed by atoms with Gasteiger partial charge in [0.1, 0.15) is 0 Å². The van der Waals surface area contributed by atoms with Crippen molar-refractivity contribution < 1.29 is 4.92 Å². The molecule has 0 bridgehead atoms. The Morgan fingerprint density at radius 1 is 0.603 bits per heavy atom. The van der Waals surface area contributed by atoms with Crippen molar-refractivity contribution in [3.05, 3.63) is 223 Å². The van der Waals surface area contributed by atoms with Crippen LogP contribution in [0, 0.1) is 10.1 Å². The number of nitro benzene ring substituents is 1. The summed E-state index contributed by atoms with van der Waals surface area (Å²) in [4.78, 5) is 14.5. The van der Waals surface area contributed by atoms with Crippen molar-refractivity contribution in [1.29, 1.82) is 0 Å². The minimum atomic E-state index is -0.247. The zero-order valence-electron chi connectivity index (χ0n) is 36.5. The largest absolute Gasteiger partial charge is 0.345 e. The summed E-state index contributed by atoms with van der Waals surface area (Å²) in [5.74, 6) is 0. The van der Waals surface area contributed by atoms with Gasteiger partial charge in [0, 0.05) is 61.1 Å². The van der Waals surface area contributed by atoms with Crippen LogP contribution in [0.15, 0.2) is 213 Å². The maximum absolute atomic E-state index is 12.7. The summed E-state index contributed by atoms with van der Waals surface area (Å²) in [6, 6.07) is 59.7. The quantitative estimate of drug-likeness (QED) is 0.0870. The van der Waals surface area contributed by atoms with Gasteiger partial charge < -0.3 is 9.47 Å². The highest BCUT2D eigenvalue weighted by Gasteiger charge is 2.22. The van der Waals surface area contributed by atoms with Crippen LogP contribution in [0.5, 0.6) is 0 Å². The molecule has 312 valence electrons. The second-order valence-corrected chi connectivity index (χ2v) is 15.4. The van der Waals surface area contributed by atoms with Gasteiger partial charge in [-0.15, -0.1) is 11.3 Å². The highest BCUT2D eigenvalue weighted by molar-refractivity contribution is 7.26. The van der Waals surface area contributed by atoms with E-state index < -0.39 is 0 Å². The lowest BCUT2D eigenvalue weighted by Crippen LogP contribution is -2.13. The molecule has 5 nitrogen and oxygen atoms in total. The summed E-state index contributed by atoms with van der Waals surface area (Å²) in [5.41, 5.74) is 8.76. The number of nitro groups is 1. The lowest BCUT2D eigenvalue weighted by Gasteiger charge is -2.19. The number of hydrogen-bond donors (Lipinski definition) is 0. The summed E-state index contributed by atoms with van der Waals surface area (Å²) in [6.07, 6.45) is 5.55. The van der Waals surface area contributed by atoms with E-state index in [2.05, 4.69) is 115 Å². The molecule has 0 saturated heterocycles. The Kier molecular flexibility index (Phi) is 13.7. The minimum Gasteiger partial charge on any atom is -0.345 e. The molecule has 0 radical (unpaired) electrons. The number of anilines is 1. The molecule has 10 rings (SSSR count). The molecule has 6 heteroatoms. The standard InChI is InChI=1S/C40H24N2O2S.C13H15N.2C2H6/c43-42(44)37-23-26(25-19-21-36-34(22-25)29-13-6-8-16-35(29)41(36)27-10-2-1-3-11-27)18-20-30(37)33-24-39-40(31-14-5-4-12-28(31)33)32-15-7-9-17-38(32)45-39;1-4-5-9-12(2)14(3)13-10-7-6-8-11-13;2*1-2/h1-24H;4-11H,1-2H2,3H3;2*1-2H3/b;9-5-;;. The van der Waals surface area contributed by atoms with Crippen molar-refractivity contribution in [2.75, 3.05) is 11.9 Å². The molecule has 8 aromatic carbocycles. The van der Waals surface area contributed by atoms with Gasteiger partial charge in [-0.2, -0.15) is 0 Å². The van der Waals surface area contributed by atoms with Gasteiger partial charge in [0.15, 0.2) is 0 Å². The normalized spacial score (nSPS) is 10.8. The Balaban J connectivity index is 0.000000281. The highest BCUT2D eigenvalue weighted by atomic mass is 32.1. The van der Waals surface area contributed by atoms with Gasteiger partial charge in [-0.25, -0.2) is 0 Å². The molecule has 0 spiro atoms. The fourth-order valence-corrected chi connectivity index (χ4v) is 9.18. The summed E-state index contributed by atoms with van der Waals surface area (Å²) < 4.78 is 4.61. The average Bonchev–Trinajstić information content (AvgIpc) is 3.90. The maximum Gasteiger partial charge on any atom is 0.277 e. The van der Waals surface area contributed by atoms with Crippen LogP contribution in [0.4, 0.5) is 11.4 Å². The van der Waals surface area contributed by atoms with Gasteiger partial charge in [0.25, 0.3) is 5.69 Å². The van der Waals surface area contributed by atoms with E-state index in [0.717, 1.165) is 71.0 Å². The number of allylic oxidation sites excluding steroid dienone is 3. The molecular formula is C57H51N3O2S. The van der Waals surface area contributed by atoms with Crippen LogP contribution in [0.25, 0.3) is 80.7 Å². The molecule has 2 aromatic heterocycles. The summed E-state index contributed by atoms with van der Waals surface area (Å²) in [7, 11) is 1.99. The van der Waals surface area contributed by atoms with Crippen molar-refractivity contribution >= 4 is 75.5 Å². The van der Waals surface area contributed by atoms with Crippen molar-refractivity contribution in [3.8, 4) is 27.9 Å². The number of thiophene rings is 1. The molecule has 0 amide bonds. The van der Waals surface area contributed by atoms with E-state index in [9.17, 15) is 10.1 Å². The molecular weight excluding hydrogens is 791 g/mol. The third-order valence-electron chi connectivity index (χ3n) is 10.9. The van der Waals surface area contributed by atoms with Crippen molar-refractivity contribution in [2.45, 2.75) is 27.7 Å². The molecule has 0 aliphatic carbocycles. The van der Waals surface area contributed by atoms with Crippen molar-refractivity contribution in [1.82, 2.24) is 4.57 Å². The van der Waals surface area contributed by atoms with E-state index in [-0.39, 0.29) is 10.6 Å². The van der Waals surface area contributed by atoms with Crippen LogP contribution in [-0.4, -0.2) is 16.5 Å². The van der Waals surface area contributed by atoms with Crippen LogP contribution in [0.3, 0.4) is 0 Å². The van der Waals surface area contributed by atoms with E-state index in [1.54, 1.807) is 23.5 Å². The SMILES string of the molecule is C=C/C=C\C(=C)N(C)c1ccccc1.CC.CC.O=[N+]([O-])c1cc(-c2ccc3c(c2)c2ccccc2n3-c2ccccc2)ccc1-c1cc2sc3ccccc3c2c2ccccc12. The monoisotopic (exact) mass is 841 g/mol. The number of likely N-dealkylation sites (N-methyl/N-ethyl adjacent to an activating group) is 1. The first kappa shape index (κ1) is 43.5. The topological polar surface area (TPSA) is 51.3 Å². The van der Waals surface area contributed by atoms with Crippen LogP contribution >= 0.6 is 11.3 Å². The average molecular weight is 842 g/mol. The Morgan fingerprint density at radius 3 is 1.87 bits per heavy atom. The third kappa shape index (κ3) is 8.67. The van der Waals surface area contributed by atoms with Crippen molar-refractivity contribution in [3.63, 3.8) is 0 Å². The molecule has 10 aromatic rings. The van der Waals surface area contributed by atoms with E-state index in [1.807, 2.05) is 125 Å². The van der Waals surface area contributed by atoms with Crippen LogP contribution < -0.4 is 4.90 Å². The van der Waals surface area contributed by atoms with Gasteiger partial charge >= 0.3 is 0 Å². The third-order valence-corrected chi connectivity index (χ3v) is 12.0. The number of fused-ring (bicyclic) bond motifs is 8. The summed E-state index contributed by atoms with van der Waals surface area (Å²) >= 11 is 1.73. The Bertz CT molecular complexity index is 3250. The molecule has 0 aliphatic rings. The van der Waals surface area contributed by atoms with Gasteiger partial charge in [-0.05, 0) is 94.2 Å². The highest BCUT2D eigenvalue weighted by Crippen LogP contribution is 2.45. The minimum absolute atomic E-state index is 0.102. The zero-order valence-corrected chi connectivity index (χ0v) is 37.3. The van der Waals surface area contributed by atoms with Crippen LogP contribution in [0.1, 0.15) is 27.7 Å². The fraction of sp³-hybridized carbons (Fsp3) is 0.0877. The molecule has 0 atom stereocenters. The first-order chi connectivity index (χ1) is 30.9. The number of rotatable bonds is 8. The van der Waals surface area contributed by atoms with Crippen LogP contribution in [-0.2, 0) is 0 Å². The lowest BCUT2D eigenvalue weighted by atomic mass is 9.92. The van der Waals surface area contributed by atoms with E-state index in [4.69, 9.17) is 0 Å². The van der Waals surface area contributed by atoms with Crippen LogP contribution in [0.2, 0.25) is 0 Å². The smallest absolute Gasteiger partial charge is 0.277 e. The van der Waals surface area contributed by atoms with Crippen molar-refractivity contribution in [2.24, 2.45) is 0 Å². The number of nitrogens with zero attached hydrogens (tertiary/aromatic N) is 3. The zero-order chi connectivity index (χ0) is 44.5. The predicted octanol–water partition coefficient (Wildman–Crippen LogP) is 17.0. The Morgan fingerprint density at radius 2 is 1.17 bits per heavy atom. The number of hydrogen-bond acceptors (Lipinski definition) is 4. The molecule has 0 unspecified atom stereocenters.